The molecule has 1 aromatic heterocycles. The monoisotopic (exact) mass is 564 g/mol. The minimum Gasteiger partial charge on any atom is -0.479 e. The number of hydrogen-bond donors (Lipinski definition) is 0. The topological polar surface area (TPSA) is 67.7 Å². The molecular weight excluding hydrogens is 541 g/mol. The molecule has 0 aliphatic carbocycles. The van der Waals surface area contributed by atoms with Crippen molar-refractivity contribution in [1.82, 2.24) is 19.6 Å². The first-order chi connectivity index (χ1) is 18.1. The number of imide groups is 1. The second-order valence-corrected chi connectivity index (χ2v) is 10.6. The summed E-state index contributed by atoms with van der Waals surface area (Å²) in [5, 5.41) is 4.62. The molecule has 0 unspecified atom stereocenters. The molecular formula is C26H24ClF3N4O3S. The van der Waals surface area contributed by atoms with E-state index in [0.717, 1.165) is 43.8 Å². The highest BCUT2D eigenvalue weighted by Gasteiger charge is 2.36. The highest BCUT2D eigenvalue weighted by molar-refractivity contribution is 8.18. The van der Waals surface area contributed by atoms with Crippen LogP contribution in [0.2, 0.25) is 5.02 Å². The maximum atomic E-state index is 13.6. The van der Waals surface area contributed by atoms with Crippen LogP contribution < -0.4 is 4.74 Å². The predicted octanol–water partition coefficient (Wildman–Crippen LogP) is 5.90. The van der Waals surface area contributed by atoms with Crippen molar-refractivity contribution in [2.24, 2.45) is 0 Å². The standard InChI is InChI=1S/C26H24ClF3N4O3S/c1-37-23-19-12-16(13-22-24(35)33(25(36)38-22)11-10-32-8-2-3-9-32)4-7-21(19)34(31-23)15-17-5-6-18(27)14-20(17)26(28,29)30/h4-7,12-14H,2-3,8-11,15H2,1H3/b22-13-. The lowest BCUT2D eigenvalue weighted by Crippen LogP contribution is -2.36. The van der Waals surface area contributed by atoms with Crippen molar-refractivity contribution in [1.29, 1.82) is 0 Å². The third-order valence-corrected chi connectivity index (χ3v) is 7.78. The Kier molecular flexibility index (Phi) is 7.43. The van der Waals surface area contributed by atoms with Gasteiger partial charge in [-0.1, -0.05) is 23.7 Å². The molecule has 0 N–H and O–H groups in total. The van der Waals surface area contributed by atoms with Crippen molar-refractivity contribution >= 4 is 51.5 Å². The molecule has 2 aliphatic rings. The van der Waals surface area contributed by atoms with Crippen LogP contribution in [0.25, 0.3) is 17.0 Å². The number of likely N-dealkylation sites (tertiary alicyclic amines) is 1. The highest BCUT2D eigenvalue weighted by atomic mass is 35.5. The molecule has 0 atom stereocenters. The van der Waals surface area contributed by atoms with Crippen LogP contribution in [-0.2, 0) is 17.5 Å². The first-order valence-corrected chi connectivity index (χ1v) is 13.2. The number of halogens is 4. The molecule has 2 amide bonds. The van der Waals surface area contributed by atoms with Gasteiger partial charge in [-0.3, -0.25) is 19.2 Å². The van der Waals surface area contributed by atoms with Crippen LogP contribution in [0.1, 0.15) is 29.5 Å². The number of carbonyl (C=O) groups is 2. The van der Waals surface area contributed by atoms with Crippen LogP contribution in [0.15, 0.2) is 41.3 Å². The number of methoxy groups -OCH3 is 1. The number of hydrogen-bond acceptors (Lipinski definition) is 6. The molecule has 5 rings (SSSR count). The Morgan fingerprint density at radius 3 is 2.58 bits per heavy atom. The highest BCUT2D eigenvalue weighted by Crippen LogP contribution is 2.36. The summed E-state index contributed by atoms with van der Waals surface area (Å²) in [6.45, 7) is 2.83. The Morgan fingerprint density at radius 1 is 1.11 bits per heavy atom. The van der Waals surface area contributed by atoms with Gasteiger partial charge in [-0.05, 0) is 79.2 Å². The fraction of sp³-hybridized carbons (Fsp3) is 0.346. The third-order valence-electron chi connectivity index (χ3n) is 6.64. The van der Waals surface area contributed by atoms with Gasteiger partial charge >= 0.3 is 6.18 Å². The van der Waals surface area contributed by atoms with Gasteiger partial charge in [0.15, 0.2) is 0 Å². The molecule has 2 aromatic carbocycles. The summed E-state index contributed by atoms with van der Waals surface area (Å²) in [7, 11) is 1.42. The summed E-state index contributed by atoms with van der Waals surface area (Å²) in [4.78, 5) is 29.2. The largest absolute Gasteiger partial charge is 0.479 e. The molecule has 2 fully saturated rings. The van der Waals surface area contributed by atoms with Gasteiger partial charge in [0.05, 0.1) is 35.0 Å². The fourth-order valence-corrected chi connectivity index (χ4v) is 5.77. The molecule has 3 heterocycles. The number of rotatable bonds is 7. The van der Waals surface area contributed by atoms with E-state index in [1.54, 1.807) is 24.3 Å². The second kappa shape index (κ2) is 10.6. The van der Waals surface area contributed by atoms with E-state index in [-0.39, 0.29) is 34.2 Å². The summed E-state index contributed by atoms with van der Waals surface area (Å²) in [6, 6.07) is 8.81. The smallest absolute Gasteiger partial charge is 0.416 e. The van der Waals surface area contributed by atoms with E-state index in [4.69, 9.17) is 16.3 Å². The third kappa shape index (κ3) is 5.41. The van der Waals surface area contributed by atoms with E-state index in [1.807, 2.05) is 0 Å². The summed E-state index contributed by atoms with van der Waals surface area (Å²) >= 11 is 6.71. The number of fused-ring (bicyclic) bond motifs is 1. The van der Waals surface area contributed by atoms with Gasteiger partial charge in [0, 0.05) is 18.1 Å². The Hall–Kier alpha value is -3.02. The van der Waals surface area contributed by atoms with Gasteiger partial charge in [0.1, 0.15) is 0 Å². The molecule has 200 valence electrons. The van der Waals surface area contributed by atoms with Crippen LogP contribution in [0.5, 0.6) is 5.88 Å². The second-order valence-electron chi connectivity index (χ2n) is 9.12. The number of amides is 2. The van der Waals surface area contributed by atoms with Crippen molar-refractivity contribution in [3.05, 3.63) is 63.0 Å². The molecule has 3 aromatic rings. The van der Waals surface area contributed by atoms with Crippen LogP contribution in [-0.4, -0.2) is 64.0 Å². The van der Waals surface area contributed by atoms with Crippen LogP contribution in [0, 0.1) is 0 Å². The van der Waals surface area contributed by atoms with Gasteiger partial charge in [0.25, 0.3) is 11.1 Å². The van der Waals surface area contributed by atoms with E-state index in [2.05, 4.69) is 10.00 Å². The quantitative estimate of drug-likeness (QED) is 0.333. The number of aromatic nitrogens is 2. The average Bonchev–Trinajstić information content (AvgIpc) is 3.57. The molecule has 0 saturated carbocycles. The molecule has 2 aliphatic heterocycles. The van der Waals surface area contributed by atoms with Crippen molar-refractivity contribution in [2.75, 3.05) is 33.3 Å². The van der Waals surface area contributed by atoms with E-state index >= 15 is 0 Å². The molecule has 2 saturated heterocycles. The Morgan fingerprint density at radius 2 is 1.87 bits per heavy atom. The molecule has 0 radical (unpaired) electrons. The number of carbonyl (C=O) groups excluding carboxylic acids is 2. The lowest BCUT2D eigenvalue weighted by Gasteiger charge is -2.18. The molecule has 38 heavy (non-hydrogen) atoms. The molecule has 0 spiro atoms. The summed E-state index contributed by atoms with van der Waals surface area (Å²) < 4.78 is 47.6. The van der Waals surface area contributed by atoms with Gasteiger partial charge in [-0.2, -0.15) is 13.2 Å². The van der Waals surface area contributed by atoms with E-state index in [0.29, 0.717) is 34.5 Å². The number of nitrogens with zero attached hydrogens (tertiary/aromatic N) is 4. The maximum absolute atomic E-state index is 13.6. The summed E-state index contributed by atoms with van der Waals surface area (Å²) in [5.41, 5.74) is 0.383. The maximum Gasteiger partial charge on any atom is 0.416 e. The lowest BCUT2D eigenvalue weighted by atomic mass is 10.1. The normalized spacial score (nSPS) is 17.9. The first kappa shape index (κ1) is 26.6. The van der Waals surface area contributed by atoms with Crippen LogP contribution in [0.3, 0.4) is 0 Å². The summed E-state index contributed by atoms with van der Waals surface area (Å²) in [6.07, 6.45) is -0.670. The minimum atomic E-state index is -4.57. The predicted molar refractivity (Wildman–Crippen MR) is 140 cm³/mol. The van der Waals surface area contributed by atoms with E-state index < -0.39 is 11.7 Å². The van der Waals surface area contributed by atoms with Crippen LogP contribution in [0.4, 0.5) is 18.0 Å². The van der Waals surface area contributed by atoms with E-state index in [9.17, 15) is 22.8 Å². The SMILES string of the molecule is COc1nn(Cc2ccc(Cl)cc2C(F)(F)F)c2ccc(/C=C3\SC(=O)N(CCN4CCCC4)C3=O)cc12. The van der Waals surface area contributed by atoms with Gasteiger partial charge in [-0.15, -0.1) is 5.10 Å². The van der Waals surface area contributed by atoms with Gasteiger partial charge in [0.2, 0.25) is 5.88 Å². The number of benzene rings is 2. The lowest BCUT2D eigenvalue weighted by molar-refractivity contribution is -0.138. The number of thioether (sulfide) groups is 1. The minimum absolute atomic E-state index is 0.00548. The van der Waals surface area contributed by atoms with Crippen molar-refractivity contribution in [3.8, 4) is 5.88 Å². The number of alkyl halides is 3. The zero-order valence-corrected chi connectivity index (χ0v) is 22.0. The average molecular weight is 565 g/mol. The van der Waals surface area contributed by atoms with Crippen molar-refractivity contribution in [2.45, 2.75) is 25.6 Å². The Balaban J connectivity index is 1.40. The Bertz CT molecular complexity index is 1430. The summed E-state index contributed by atoms with van der Waals surface area (Å²) in [5.74, 6) is -0.0964. The molecule has 12 heteroatoms. The first-order valence-electron chi connectivity index (χ1n) is 12.0. The zero-order valence-electron chi connectivity index (χ0n) is 20.4. The van der Waals surface area contributed by atoms with Crippen molar-refractivity contribution in [3.63, 3.8) is 0 Å². The van der Waals surface area contributed by atoms with E-state index in [1.165, 1.54) is 28.8 Å². The molecule has 0 bridgehead atoms. The molecule has 7 nitrogen and oxygen atoms in total. The Labute approximate surface area is 226 Å². The number of ether oxygens (including phenoxy) is 1. The van der Waals surface area contributed by atoms with Crippen molar-refractivity contribution < 1.29 is 27.5 Å². The fourth-order valence-electron chi connectivity index (χ4n) is 4.73. The van der Waals surface area contributed by atoms with Crippen LogP contribution >= 0.6 is 23.4 Å². The zero-order chi connectivity index (χ0) is 27.0. The van der Waals surface area contributed by atoms with Gasteiger partial charge in [-0.25, -0.2) is 0 Å². The van der Waals surface area contributed by atoms with Gasteiger partial charge < -0.3 is 9.64 Å².